The van der Waals surface area contributed by atoms with Gasteiger partial charge in [-0.25, -0.2) is 4.98 Å². The average molecular weight is 183 g/mol. The lowest BCUT2D eigenvalue weighted by atomic mass is 10.3. The van der Waals surface area contributed by atoms with Crippen molar-refractivity contribution in [2.24, 2.45) is 0 Å². The molecule has 0 atom stereocenters. The Morgan fingerprint density at radius 3 is 2.92 bits per heavy atom. The van der Waals surface area contributed by atoms with E-state index in [-0.39, 0.29) is 0 Å². The molecular weight excluding hydrogens is 168 g/mol. The predicted molar refractivity (Wildman–Crippen MR) is 53.7 cm³/mol. The fraction of sp³-hybridized carbons (Fsp3) is 0.667. The summed E-state index contributed by atoms with van der Waals surface area (Å²) in [4.78, 5) is 6.45. The zero-order valence-corrected chi connectivity index (χ0v) is 8.52. The number of aromatic nitrogens is 1. The van der Waals surface area contributed by atoms with Gasteiger partial charge in [0.15, 0.2) is 5.51 Å². The largest absolute Gasteiger partial charge is 0.356 e. The molecule has 0 spiro atoms. The molecule has 0 fully saturated rings. The molecule has 12 heavy (non-hydrogen) atoms. The van der Waals surface area contributed by atoms with E-state index >= 15 is 0 Å². The van der Waals surface area contributed by atoms with Gasteiger partial charge in [0.05, 0.1) is 0 Å². The summed E-state index contributed by atoms with van der Waals surface area (Å²) in [5.41, 5.74) is 2.87. The van der Waals surface area contributed by atoms with Gasteiger partial charge in [0.1, 0.15) is 5.82 Å². The number of thiazole rings is 1. The van der Waals surface area contributed by atoms with Crippen LogP contribution in [-0.4, -0.2) is 18.1 Å². The SMILES string of the molecule is CCCCN(CC)c1cs[c]n1. The first-order valence-electron chi connectivity index (χ1n) is 4.45. The second-order valence-corrected chi connectivity index (χ2v) is 3.38. The molecule has 3 heteroatoms. The van der Waals surface area contributed by atoms with Crippen molar-refractivity contribution in [1.82, 2.24) is 4.98 Å². The van der Waals surface area contributed by atoms with Gasteiger partial charge in [-0.15, -0.1) is 11.3 Å². The van der Waals surface area contributed by atoms with Gasteiger partial charge in [0.25, 0.3) is 0 Å². The summed E-state index contributed by atoms with van der Waals surface area (Å²) in [6, 6.07) is 0. The van der Waals surface area contributed by atoms with Gasteiger partial charge in [-0.2, -0.15) is 0 Å². The maximum absolute atomic E-state index is 4.16. The Balaban J connectivity index is 2.45. The van der Waals surface area contributed by atoms with E-state index in [4.69, 9.17) is 0 Å². The van der Waals surface area contributed by atoms with Crippen molar-refractivity contribution in [3.8, 4) is 0 Å². The molecule has 0 aliphatic rings. The molecule has 1 heterocycles. The van der Waals surface area contributed by atoms with Crippen molar-refractivity contribution >= 4 is 17.2 Å². The van der Waals surface area contributed by atoms with Gasteiger partial charge in [-0.1, -0.05) is 13.3 Å². The van der Waals surface area contributed by atoms with E-state index < -0.39 is 0 Å². The van der Waals surface area contributed by atoms with Crippen molar-refractivity contribution in [2.75, 3.05) is 18.0 Å². The minimum Gasteiger partial charge on any atom is -0.356 e. The van der Waals surface area contributed by atoms with Crippen molar-refractivity contribution in [2.45, 2.75) is 26.7 Å². The molecule has 1 aromatic heterocycles. The Labute approximate surface area is 78.2 Å². The molecule has 67 valence electrons. The lowest BCUT2D eigenvalue weighted by molar-refractivity contribution is 0.726. The van der Waals surface area contributed by atoms with Crippen LogP contribution in [0.2, 0.25) is 0 Å². The summed E-state index contributed by atoms with van der Waals surface area (Å²) in [7, 11) is 0. The van der Waals surface area contributed by atoms with Gasteiger partial charge >= 0.3 is 0 Å². The summed E-state index contributed by atoms with van der Waals surface area (Å²) in [6.45, 7) is 6.53. The minimum absolute atomic E-state index is 1.04. The molecule has 1 rings (SSSR count). The second-order valence-electron chi connectivity index (χ2n) is 2.73. The molecule has 0 saturated heterocycles. The summed E-state index contributed by atoms with van der Waals surface area (Å²) >= 11 is 1.54. The first-order valence-corrected chi connectivity index (χ1v) is 5.33. The highest BCUT2D eigenvalue weighted by atomic mass is 32.1. The zero-order valence-electron chi connectivity index (χ0n) is 7.71. The molecule has 0 aliphatic carbocycles. The Kier molecular flexibility index (Phi) is 4.08. The van der Waals surface area contributed by atoms with Crippen LogP contribution < -0.4 is 4.90 Å². The number of hydrogen-bond acceptors (Lipinski definition) is 3. The van der Waals surface area contributed by atoms with E-state index in [2.05, 4.69) is 34.6 Å². The molecular formula is C9H15N2S. The van der Waals surface area contributed by atoms with Crippen LogP contribution in [-0.2, 0) is 0 Å². The Hall–Kier alpha value is -0.570. The van der Waals surface area contributed by atoms with E-state index in [1.165, 1.54) is 24.2 Å². The molecule has 0 saturated carbocycles. The predicted octanol–water partition coefficient (Wildman–Crippen LogP) is 2.57. The van der Waals surface area contributed by atoms with E-state index in [9.17, 15) is 0 Å². The van der Waals surface area contributed by atoms with Crippen molar-refractivity contribution in [1.29, 1.82) is 0 Å². The van der Waals surface area contributed by atoms with Gasteiger partial charge in [0.2, 0.25) is 0 Å². The Bertz CT molecular complexity index is 196. The van der Waals surface area contributed by atoms with Gasteiger partial charge < -0.3 is 4.90 Å². The molecule has 0 amide bonds. The quantitative estimate of drug-likeness (QED) is 0.697. The van der Waals surface area contributed by atoms with Gasteiger partial charge in [0, 0.05) is 18.5 Å². The summed E-state index contributed by atoms with van der Waals surface area (Å²) in [6.07, 6.45) is 2.48. The van der Waals surface area contributed by atoms with Crippen LogP contribution in [0.15, 0.2) is 5.38 Å². The monoisotopic (exact) mass is 183 g/mol. The molecule has 0 unspecified atom stereocenters. The van der Waals surface area contributed by atoms with E-state index in [1.807, 2.05) is 0 Å². The normalized spacial score (nSPS) is 10.2. The van der Waals surface area contributed by atoms with Crippen molar-refractivity contribution in [3.05, 3.63) is 10.9 Å². The van der Waals surface area contributed by atoms with Crippen LogP contribution >= 0.6 is 11.3 Å². The summed E-state index contributed by atoms with van der Waals surface area (Å²) < 4.78 is 0. The van der Waals surface area contributed by atoms with Gasteiger partial charge in [-0.3, -0.25) is 0 Å². The fourth-order valence-corrected chi connectivity index (χ4v) is 1.61. The van der Waals surface area contributed by atoms with E-state index in [0.29, 0.717) is 0 Å². The lowest BCUT2D eigenvalue weighted by Gasteiger charge is -2.19. The smallest absolute Gasteiger partial charge is 0.154 e. The zero-order chi connectivity index (χ0) is 8.81. The van der Waals surface area contributed by atoms with Crippen molar-refractivity contribution in [3.63, 3.8) is 0 Å². The van der Waals surface area contributed by atoms with Crippen molar-refractivity contribution < 1.29 is 0 Å². The van der Waals surface area contributed by atoms with Crippen LogP contribution in [0.4, 0.5) is 5.82 Å². The highest BCUT2D eigenvalue weighted by Gasteiger charge is 2.04. The number of nitrogens with zero attached hydrogens (tertiary/aromatic N) is 2. The summed E-state index contributed by atoms with van der Waals surface area (Å²) in [5, 5.41) is 2.05. The van der Waals surface area contributed by atoms with Crippen LogP contribution in [0.3, 0.4) is 0 Å². The van der Waals surface area contributed by atoms with Crippen LogP contribution in [0, 0.1) is 5.51 Å². The molecule has 1 aromatic rings. The molecule has 0 N–H and O–H groups in total. The average Bonchev–Trinajstić information content (AvgIpc) is 2.59. The number of hydrogen-bond donors (Lipinski definition) is 0. The molecule has 0 aliphatic heterocycles. The van der Waals surface area contributed by atoms with Crippen LogP contribution in [0.1, 0.15) is 26.7 Å². The van der Waals surface area contributed by atoms with E-state index in [1.54, 1.807) is 0 Å². The van der Waals surface area contributed by atoms with E-state index in [0.717, 1.165) is 18.9 Å². The lowest BCUT2D eigenvalue weighted by Crippen LogP contribution is -2.23. The van der Waals surface area contributed by atoms with Gasteiger partial charge in [-0.05, 0) is 13.3 Å². The Morgan fingerprint density at radius 1 is 1.58 bits per heavy atom. The number of anilines is 1. The third kappa shape index (κ3) is 2.48. The first kappa shape index (κ1) is 9.52. The maximum Gasteiger partial charge on any atom is 0.154 e. The number of unbranched alkanes of at least 4 members (excludes halogenated alkanes) is 1. The third-order valence-corrected chi connectivity index (χ3v) is 2.39. The molecule has 1 radical (unpaired) electrons. The molecule has 0 aromatic carbocycles. The molecule has 2 nitrogen and oxygen atoms in total. The highest BCUT2D eigenvalue weighted by Crippen LogP contribution is 2.13. The standard InChI is InChI=1S/C9H15N2S/c1-3-5-6-11(4-2)9-7-12-8-10-9/h7H,3-6H2,1-2H3. The number of rotatable bonds is 5. The van der Waals surface area contributed by atoms with Crippen LogP contribution in [0.25, 0.3) is 0 Å². The van der Waals surface area contributed by atoms with Crippen LogP contribution in [0.5, 0.6) is 0 Å². The highest BCUT2D eigenvalue weighted by molar-refractivity contribution is 7.07. The Morgan fingerprint density at radius 2 is 2.42 bits per heavy atom. The fourth-order valence-electron chi connectivity index (χ4n) is 1.11. The first-order chi connectivity index (χ1) is 5.88. The summed E-state index contributed by atoms with van der Waals surface area (Å²) in [5.74, 6) is 1.08. The minimum atomic E-state index is 1.04. The topological polar surface area (TPSA) is 16.1 Å². The second kappa shape index (κ2) is 5.14. The maximum atomic E-state index is 4.16. The molecule has 0 bridgehead atoms. The third-order valence-electron chi connectivity index (χ3n) is 1.86.